The maximum Gasteiger partial charge on any atom is 0.271 e. The van der Waals surface area contributed by atoms with E-state index in [9.17, 15) is 20.2 Å². The van der Waals surface area contributed by atoms with Crippen LogP contribution in [0.3, 0.4) is 0 Å². The molecule has 7 nitrogen and oxygen atoms in total. The number of nitro benzene ring substituents is 1. The standard InChI is InChI=1S/C24H17BrClN3O4/c1-33-23-11-15(10-21(25)20(23)12-16-5-2-3-8-22(16)26)9-17(14-27)24(30)28-18-6-4-7-19(13-18)29(31)32/h2-11,13H,12H2,1H3,(H,28,30)/b17-9+. The Bertz CT molecular complexity index is 1300. The first-order chi connectivity index (χ1) is 15.8. The Hall–Kier alpha value is -3.67. The van der Waals surface area contributed by atoms with E-state index in [2.05, 4.69) is 21.2 Å². The van der Waals surface area contributed by atoms with Crippen molar-refractivity contribution in [1.82, 2.24) is 0 Å². The summed E-state index contributed by atoms with van der Waals surface area (Å²) in [4.78, 5) is 22.9. The lowest BCUT2D eigenvalue weighted by atomic mass is 10.0. The number of ether oxygens (including phenoxy) is 1. The number of halogens is 2. The van der Waals surface area contributed by atoms with Crippen LogP contribution >= 0.6 is 27.5 Å². The van der Waals surface area contributed by atoms with Crippen molar-refractivity contribution in [2.45, 2.75) is 6.42 Å². The Balaban J connectivity index is 1.89. The molecule has 0 radical (unpaired) electrons. The van der Waals surface area contributed by atoms with Crippen LogP contribution in [0.2, 0.25) is 5.02 Å². The summed E-state index contributed by atoms with van der Waals surface area (Å²) in [7, 11) is 1.53. The topological polar surface area (TPSA) is 105 Å². The van der Waals surface area contributed by atoms with E-state index < -0.39 is 10.8 Å². The molecular formula is C24H17BrClN3O4. The van der Waals surface area contributed by atoms with Crippen LogP contribution in [-0.4, -0.2) is 17.9 Å². The van der Waals surface area contributed by atoms with Crippen molar-refractivity contribution in [3.05, 3.63) is 103 Å². The van der Waals surface area contributed by atoms with Gasteiger partial charge < -0.3 is 10.1 Å². The molecule has 0 heterocycles. The SMILES string of the molecule is COc1cc(/C=C(\C#N)C(=O)Nc2cccc([N+](=O)[O-])c2)cc(Br)c1Cc1ccccc1Cl. The van der Waals surface area contributed by atoms with Gasteiger partial charge in [0.25, 0.3) is 11.6 Å². The molecule has 0 aliphatic heterocycles. The number of hydrogen-bond acceptors (Lipinski definition) is 5. The third kappa shape index (κ3) is 5.98. The van der Waals surface area contributed by atoms with E-state index in [4.69, 9.17) is 16.3 Å². The summed E-state index contributed by atoms with van der Waals surface area (Å²) in [6, 6.07) is 18.3. The highest BCUT2D eigenvalue weighted by atomic mass is 79.9. The number of methoxy groups -OCH3 is 1. The first kappa shape index (κ1) is 24.0. The number of nitrogens with one attached hydrogen (secondary N) is 1. The van der Waals surface area contributed by atoms with E-state index in [1.165, 1.54) is 37.5 Å². The number of amides is 1. The van der Waals surface area contributed by atoms with E-state index in [1.54, 1.807) is 12.1 Å². The van der Waals surface area contributed by atoms with Crippen molar-refractivity contribution in [2.24, 2.45) is 0 Å². The van der Waals surface area contributed by atoms with Crippen LogP contribution in [0.5, 0.6) is 5.75 Å². The number of hydrogen-bond donors (Lipinski definition) is 1. The van der Waals surface area contributed by atoms with Gasteiger partial charge in [0, 0.05) is 39.3 Å². The Morgan fingerprint density at radius 2 is 2.00 bits per heavy atom. The first-order valence-corrected chi connectivity index (χ1v) is 10.8. The Kier molecular flexibility index (Phi) is 7.83. The quantitative estimate of drug-likeness (QED) is 0.172. The van der Waals surface area contributed by atoms with E-state index in [1.807, 2.05) is 30.3 Å². The van der Waals surface area contributed by atoms with Gasteiger partial charge in [-0.3, -0.25) is 14.9 Å². The maximum absolute atomic E-state index is 12.6. The number of anilines is 1. The highest BCUT2D eigenvalue weighted by Gasteiger charge is 2.15. The zero-order valence-corrected chi connectivity index (χ0v) is 19.7. The summed E-state index contributed by atoms with van der Waals surface area (Å²) in [6.45, 7) is 0. The van der Waals surface area contributed by atoms with Gasteiger partial charge in [0.15, 0.2) is 0 Å². The molecule has 1 N–H and O–H groups in total. The lowest BCUT2D eigenvalue weighted by Gasteiger charge is -2.13. The molecule has 0 spiro atoms. The molecule has 0 unspecified atom stereocenters. The van der Waals surface area contributed by atoms with Gasteiger partial charge in [-0.05, 0) is 41.5 Å². The van der Waals surface area contributed by atoms with Crippen LogP contribution in [0.1, 0.15) is 16.7 Å². The summed E-state index contributed by atoms with van der Waals surface area (Å²) < 4.78 is 6.26. The summed E-state index contributed by atoms with van der Waals surface area (Å²) in [5, 5.41) is 23.6. The highest BCUT2D eigenvalue weighted by Crippen LogP contribution is 2.33. The largest absolute Gasteiger partial charge is 0.496 e. The molecule has 1 amide bonds. The average molecular weight is 527 g/mol. The molecule has 0 aliphatic carbocycles. The maximum atomic E-state index is 12.6. The van der Waals surface area contributed by atoms with E-state index in [-0.39, 0.29) is 16.9 Å². The van der Waals surface area contributed by atoms with Gasteiger partial charge in [0.2, 0.25) is 0 Å². The lowest BCUT2D eigenvalue weighted by Crippen LogP contribution is -2.13. The molecule has 0 saturated heterocycles. The van der Waals surface area contributed by atoms with Crippen LogP contribution in [0.4, 0.5) is 11.4 Å². The minimum atomic E-state index is -0.687. The highest BCUT2D eigenvalue weighted by molar-refractivity contribution is 9.10. The molecule has 0 aliphatic rings. The second-order valence-electron chi connectivity index (χ2n) is 6.88. The van der Waals surface area contributed by atoms with Gasteiger partial charge in [0.1, 0.15) is 17.4 Å². The van der Waals surface area contributed by atoms with Crippen LogP contribution in [0.25, 0.3) is 6.08 Å². The number of rotatable bonds is 7. The minimum absolute atomic E-state index is 0.168. The first-order valence-electron chi connectivity index (χ1n) is 9.59. The zero-order chi connectivity index (χ0) is 24.0. The molecule has 3 rings (SSSR count). The second kappa shape index (κ2) is 10.8. The molecule has 166 valence electrons. The van der Waals surface area contributed by atoms with Gasteiger partial charge in [-0.15, -0.1) is 0 Å². The monoisotopic (exact) mass is 525 g/mol. The van der Waals surface area contributed by atoms with Gasteiger partial charge in [-0.25, -0.2) is 0 Å². The summed E-state index contributed by atoms with van der Waals surface area (Å²) >= 11 is 9.83. The van der Waals surface area contributed by atoms with Crippen molar-refractivity contribution in [3.8, 4) is 11.8 Å². The molecule has 0 atom stereocenters. The van der Waals surface area contributed by atoms with Gasteiger partial charge in [-0.2, -0.15) is 5.26 Å². The number of nitriles is 1. The van der Waals surface area contributed by atoms with Crippen molar-refractivity contribution >= 4 is 50.9 Å². The number of carbonyl (C=O) groups excluding carboxylic acids is 1. The fraction of sp³-hybridized carbons (Fsp3) is 0.0833. The van der Waals surface area contributed by atoms with Crippen LogP contribution < -0.4 is 10.1 Å². The van der Waals surface area contributed by atoms with E-state index >= 15 is 0 Å². The molecular weight excluding hydrogens is 510 g/mol. The number of carbonyl (C=O) groups is 1. The molecule has 0 aromatic heterocycles. The van der Waals surface area contributed by atoms with Crippen LogP contribution in [-0.2, 0) is 11.2 Å². The van der Waals surface area contributed by atoms with E-state index in [0.717, 1.165) is 15.6 Å². The Labute approximate surface area is 203 Å². The fourth-order valence-electron chi connectivity index (χ4n) is 3.11. The summed E-state index contributed by atoms with van der Waals surface area (Å²) in [6.07, 6.45) is 1.94. The van der Waals surface area contributed by atoms with Crippen molar-refractivity contribution in [1.29, 1.82) is 5.26 Å². The molecule has 0 saturated carbocycles. The second-order valence-corrected chi connectivity index (χ2v) is 8.14. The molecule has 33 heavy (non-hydrogen) atoms. The van der Waals surface area contributed by atoms with Crippen molar-refractivity contribution in [3.63, 3.8) is 0 Å². The Morgan fingerprint density at radius 3 is 2.67 bits per heavy atom. The number of nitro groups is 1. The molecule has 3 aromatic carbocycles. The van der Waals surface area contributed by atoms with Gasteiger partial charge in [0.05, 0.1) is 12.0 Å². The molecule has 9 heteroatoms. The lowest BCUT2D eigenvalue weighted by molar-refractivity contribution is -0.384. The Morgan fingerprint density at radius 1 is 1.24 bits per heavy atom. The van der Waals surface area contributed by atoms with Crippen molar-refractivity contribution in [2.75, 3.05) is 12.4 Å². The molecule has 3 aromatic rings. The number of non-ortho nitro benzene ring substituents is 1. The molecule has 0 fully saturated rings. The normalized spacial score (nSPS) is 10.9. The summed E-state index contributed by atoms with van der Waals surface area (Å²) in [5.74, 6) is -0.125. The van der Waals surface area contributed by atoms with Gasteiger partial charge in [-0.1, -0.05) is 51.8 Å². The van der Waals surface area contributed by atoms with Crippen LogP contribution in [0.15, 0.2) is 70.7 Å². The molecule has 0 bridgehead atoms. The minimum Gasteiger partial charge on any atom is -0.496 e. The smallest absolute Gasteiger partial charge is 0.271 e. The average Bonchev–Trinajstić information content (AvgIpc) is 2.80. The third-order valence-electron chi connectivity index (χ3n) is 4.71. The number of benzene rings is 3. The summed E-state index contributed by atoms with van der Waals surface area (Å²) in [5.41, 5.74) is 2.22. The third-order valence-corrected chi connectivity index (χ3v) is 5.79. The van der Waals surface area contributed by atoms with E-state index in [0.29, 0.717) is 22.8 Å². The predicted octanol–water partition coefficient (Wildman–Crippen LogP) is 6.16. The zero-order valence-electron chi connectivity index (χ0n) is 17.3. The fourth-order valence-corrected chi connectivity index (χ4v) is 3.91. The van der Waals surface area contributed by atoms with Crippen molar-refractivity contribution < 1.29 is 14.5 Å². The van der Waals surface area contributed by atoms with Crippen LogP contribution in [0, 0.1) is 21.4 Å². The van der Waals surface area contributed by atoms with Gasteiger partial charge >= 0.3 is 0 Å². The predicted molar refractivity (Wildman–Crippen MR) is 130 cm³/mol. The number of nitrogens with zero attached hydrogens (tertiary/aromatic N) is 2.